The van der Waals surface area contributed by atoms with Crippen LogP contribution in [0.2, 0.25) is 0 Å². The number of hydrogen-bond donors (Lipinski definition) is 1. The van der Waals surface area contributed by atoms with Gasteiger partial charge in [-0.05, 0) is 49.6 Å². The largest absolute Gasteiger partial charge is 0.459 e. The number of benzene rings is 1. The molecule has 2 aromatic rings. The molecule has 3 rings (SSSR count). The van der Waals surface area contributed by atoms with Crippen molar-refractivity contribution in [1.82, 2.24) is 5.32 Å². The molecule has 1 fully saturated rings. The fraction of sp³-hybridized carbons (Fsp3) is 0.529. The summed E-state index contributed by atoms with van der Waals surface area (Å²) >= 11 is 0. The lowest BCUT2D eigenvalue weighted by molar-refractivity contribution is 0.192. The molecule has 1 N–H and O–H groups in total. The number of fused-ring (bicyclic) bond motifs is 1. The minimum absolute atomic E-state index is 0.119. The summed E-state index contributed by atoms with van der Waals surface area (Å²) in [5, 5.41) is 4.55. The fourth-order valence-electron chi connectivity index (χ4n) is 3.33. The molecule has 1 aromatic heterocycles. The topological polar surface area (TPSA) is 25.2 Å². The maximum absolute atomic E-state index is 13.3. The molecular formula is C17H22FNO. The first-order valence-corrected chi connectivity index (χ1v) is 7.56. The van der Waals surface area contributed by atoms with Gasteiger partial charge in [-0.15, -0.1) is 0 Å². The lowest BCUT2D eigenvalue weighted by atomic mass is 9.80. The van der Waals surface area contributed by atoms with E-state index in [-0.39, 0.29) is 11.4 Å². The van der Waals surface area contributed by atoms with Crippen LogP contribution in [0.25, 0.3) is 11.0 Å². The second kappa shape index (κ2) is 5.21. The lowest BCUT2D eigenvalue weighted by Gasteiger charge is -2.35. The first kappa shape index (κ1) is 13.6. The maximum atomic E-state index is 13.3. The Kier molecular flexibility index (Phi) is 3.55. The van der Waals surface area contributed by atoms with Crippen molar-refractivity contribution < 1.29 is 8.81 Å². The van der Waals surface area contributed by atoms with Gasteiger partial charge in [-0.1, -0.05) is 26.7 Å². The van der Waals surface area contributed by atoms with Gasteiger partial charge in [-0.3, -0.25) is 0 Å². The van der Waals surface area contributed by atoms with E-state index < -0.39 is 0 Å². The summed E-state index contributed by atoms with van der Waals surface area (Å²) in [7, 11) is 0. The van der Waals surface area contributed by atoms with Crippen LogP contribution < -0.4 is 5.32 Å². The van der Waals surface area contributed by atoms with E-state index >= 15 is 0 Å². The second-order valence-electron chi connectivity index (χ2n) is 6.16. The Morgan fingerprint density at radius 3 is 2.85 bits per heavy atom. The number of hydrogen-bond acceptors (Lipinski definition) is 2. The van der Waals surface area contributed by atoms with Crippen molar-refractivity contribution in [3.63, 3.8) is 0 Å². The molecule has 20 heavy (non-hydrogen) atoms. The minimum Gasteiger partial charge on any atom is -0.459 e. The third kappa shape index (κ3) is 2.24. The number of halogens is 1. The van der Waals surface area contributed by atoms with Crippen molar-refractivity contribution in [3.05, 3.63) is 35.8 Å². The summed E-state index contributed by atoms with van der Waals surface area (Å²) in [6.07, 6.45) is 4.75. The van der Waals surface area contributed by atoms with E-state index in [9.17, 15) is 4.39 Å². The Labute approximate surface area is 119 Å². The fourth-order valence-corrected chi connectivity index (χ4v) is 3.33. The predicted octanol–water partition coefficient (Wildman–Crippen LogP) is 4.59. The van der Waals surface area contributed by atoms with Gasteiger partial charge < -0.3 is 9.73 Å². The Hall–Kier alpha value is -1.35. The molecule has 0 saturated carbocycles. The van der Waals surface area contributed by atoms with Crippen molar-refractivity contribution >= 4 is 11.0 Å². The van der Waals surface area contributed by atoms with Crippen LogP contribution in [0.1, 0.15) is 45.3 Å². The zero-order chi connectivity index (χ0) is 14.2. The van der Waals surface area contributed by atoms with Crippen molar-refractivity contribution in [1.29, 1.82) is 0 Å². The SMILES string of the molecule is CC(C)C1(c2cc3cc(F)ccc3o2)CCCCCN1. The Morgan fingerprint density at radius 2 is 2.05 bits per heavy atom. The predicted molar refractivity (Wildman–Crippen MR) is 79.2 cm³/mol. The van der Waals surface area contributed by atoms with Gasteiger partial charge in [0.05, 0.1) is 5.54 Å². The molecule has 2 heterocycles. The smallest absolute Gasteiger partial charge is 0.134 e. The van der Waals surface area contributed by atoms with Crippen LogP contribution in [0, 0.1) is 11.7 Å². The first-order chi connectivity index (χ1) is 9.62. The van der Waals surface area contributed by atoms with E-state index in [1.54, 1.807) is 12.1 Å². The van der Waals surface area contributed by atoms with Gasteiger partial charge >= 0.3 is 0 Å². The number of furan rings is 1. The number of nitrogens with one attached hydrogen (secondary N) is 1. The second-order valence-corrected chi connectivity index (χ2v) is 6.16. The molecule has 0 radical (unpaired) electrons. The highest BCUT2D eigenvalue weighted by Gasteiger charge is 2.38. The van der Waals surface area contributed by atoms with Crippen LogP contribution in [0.5, 0.6) is 0 Å². The van der Waals surface area contributed by atoms with E-state index in [0.29, 0.717) is 5.92 Å². The lowest BCUT2D eigenvalue weighted by Crippen LogP contribution is -2.46. The number of rotatable bonds is 2. The van der Waals surface area contributed by atoms with Gasteiger partial charge in [0, 0.05) is 5.39 Å². The summed E-state index contributed by atoms with van der Waals surface area (Å²) in [4.78, 5) is 0. The van der Waals surface area contributed by atoms with E-state index in [1.807, 2.05) is 6.07 Å². The molecule has 1 aliphatic heterocycles. The molecule has 1 unspecified atom stereocenters. The van der Waals surface area contributed by atoms with Crippen LogP contribution in [0.15, 0.2) is 28.7 Å². The summed E-state index contributed by atoms with van der Waals surface area (Å²) in [6.45, 7) is 5.47. The highest BCUT2D eigenvalue weighted by Crippen LogP contribution is 2.39. The van der Waals surface area contributed by atoms with E-state index in [4.69, 9.17) is 4.42 Å². The van der Waals surface area contributed by atoms with E-state index in [2.05, 4.69) is 19.2 Å². The van der Waals surface area contributed by atoms with E-state index in [0.717, 1.165) is 29.7 Å². The Balaban J connectivity index is 2.08. The maximum Gasteiger partial charge on any atom is 0.134 e. The molecule has 1 aromatic carbocycles. The van der Waals surface area contributed by atoms with Crippen LogP contribution in [0.4, 0.5) is 4.39 Å². The van der Waals surface area contributed by atoms with Crippen molar-refractivity contribution in [2.75, 3.05) is 6.54 Å². The standard InChI is InChI=1S/C17H22FNO/c1-12(2)17(8-4-3-5-9-19-17)16-11-13-10-14(18)6-7-15(13)20-16/h6-7,10-12,19H,3-5,8-9H2,1-2H3. The van der Waals surface area contributed by atoms with Gasteiger partial charge in [-0.25, -0.2) is 4.39 Å². The van der Waals surface area contributed by atoms with Crippen LogP contribution in [0.3, 0.4) is 0 Å². The average Bonchev–Trinajstić information content (AvgIpc) is 2.68. The van der Waals surface area contributed by atoms with Crippen molar-refractivity contribution in [3.8, 4) is 0 Å². The van der Waals surface area contributed by atoms with Gasteiger partial charge in [0.15, 0.2) is 0 Å². The summed E-state index contributed by atoms with van der Waals surface area (Å²) in [6, 6.07) is 6.74. The molecule has 0 amide bonds. The van der Waals surface area contributed by atoms with Gasteiger partial charge in [0.25, 0.3) is 0 Å². The molecular weight excluding hydrogens is 253 g/mol. The monoisotopic (exact) mass is 275 g/mol. The molecule has 0 aliphatic carbocycles. The summed E-state index contributed by atoms with van der Waals surface area (Å²) < 4.78 is 19.4. The van der Waals surface area contributed by atoms with Crippen molar-refractivity contribution in [2.24, 2.45) is 5.92 Å². The third-order valence-corrected chi connectivity index (χ3v) is 4.59. The Morgan fingerprint density at radius 1 is 1.20 bits per heavy atom. The average molecular weight is 275 g/mol. The molecule has 0 spiro atoms. The quantitative estimate of drug-likeness (QED) is 0.867. The molecule has 108 valence electrons. The minimum atomic E-state index is -0.211. The zero-order valence-electron chi connectivity index (χ0n) is 12.2. The van der Waals surface area contributed by atoms with Crippen LogP contribution >= 0.6 is 0 Å². The van der Waals surface area contributed by atoms with Gasteiger partial charge in [0.2, 0.25) is 0 Å². The summed E-state index contributed by atoms with van der Waals surface area (Å²) in [5.74, 6) is 1.18. The molecule has 1 atom stereocenters. The molecule has 0 bridgehead atoms. The highest BCUT2D eigenvalue weighted by atomic mass is 19.1. The normalized spacial score (nSPS) is 24.2. The zero-order valence-corrected chi connectivity index (χ0v) is 12.2. The van der Waals surface area contributed by atoms with Gasteiger partial charge in [0.1, 0.15) is 17.2 Å². The van der Waals surface area contributed by atoms with Crippen molar-refractivity contribution in [2.45, 2.75) is 45.1 Å². The molecule has 3 heteroatoms. The highest BCUT2D eigenvalue weighted by molar-refractivity contribution is 5.78. The third-order valence-electron chi connectivity index (χ3n) is 4.59. The van der Waals surface area contributed by atoms with Crippen LogP contribution in [-0.4, -0.2) is 6.54 Å². The first-order valence-electron chi connectivity index (χ1n) is 7.56. The van der Waals surface area contributed by atoms with E-state index in [1.165, 1.54) is 25.3 Å². The molecule has 1 saturated heterocycles. The molecule has 1 aliphatic rings. The van der Waals surface area contributed by atoms with Gasteiger partial charge in [-0.2, -0.15) is 0 Å². The molecule has 2 nitrogen and oxygen atoms in total. The summed E-state index contributed by atoms with van der Waals surface area (Å²) in [5.41, 5.74) is 0.652. The van der Waals surface area contributed by atoms with Crippen LogP contribution in [-0.2, 0) is 5.54 Å². The Bertz CT molecular complexity index is 594.